The molecule has 0 radical (unpaired) electrons. The third-order valence-corrected chi connectivity index (χ3v) is 2.28. The van der Waals surface area contributed by atoms with Gasteiger partial charge in [0.15, 0.2) is 5.96 Å². The molecule has 0 saturated heterocycles. The van der Waals surface area contributed by atoms with Crippen LogP contribution in [0, 0.1) is 5.82 Å². The fraction of sp³-hybridized carbons (Fsp3) is 0.364. The largest absolute Gasteiger partial charge is 0.370 e. The molecule has 1 aromatic rings. The Morgan fingerprint density at radius 2 is 1.75 bits per heavy atom. The van der Waals surface area contributed by atoms with Gasteiger partial charge in [-0.1, -0.05) is 26.0 Å². The van der Waals surface area contributed by atoms with E-state index < -0.39 is 0 Å². The number of nitrogens with two attached hydrogens (primary N) is 2. The lowest BCUT2D eigenvalue weighted by atomic mass is 9.85. The monoisotopic (exact) mass is 337 g/mol. The van der Waals surface area contributed by atoms with E-state index in [1.54, 1.807) is 12.1 Å². The molecule has 5 heteroatoms. The Hall–Kier alpha value is -0.850. The van der Waals surface area contributed by atoms with Crippen LogP contribution in [0.5, 0.6) is 0 Å². The Balaban J connectivity index is 0.00000225. The predicted molar refractivity (Wildman–Crippen MR) is 75.5 cm³/mol. The molecule has 0 aliphatic heterocycles. The van der Waals surface area contributed by atoms with Gasteiger partial charge in [0.1, 0.15) is 5.82 Å². The highest BCUT2D eigenvalue weighted by atomic mass is 127. The average Bonchev–Trinajstić information content (AvgIpc) is 2.16. The van der Waals surface area contributed by atoms with E-state index in [2.05, 4.69) is 4.99 Å². The number of hydrogen-bond donors (Lipinski definition) is 2. The summed E-state index contributed by atoms with van der Waals surface area (Å²) in [5.74, 6) is -0.165. The standard InChI is InChI=1S/C11H16FN3.HI/c1-11(2,7-15-10(13)14)8-3-5-9(12)6-4-8;/h3-6H,7H2,1-2H3,(H4,13,14,15);1H. The topological polar surface area (TPSA) is 64.4 Å². The van der Waals surface area contributed by atoms with Crippen LogP contribution in [-0.2, 0) is 5.41 Å². The number of aliphatic imine (C=N–C) groups is 1. The quantitative estimate of drug-likeness (QED) is 0.503. The molecule has 16 heavy (non-hydrogen) atoms. The lowest BCUT2D eigenvalue weighted by molar-refractivity contribution is 0.537. The summed E-state index contributed by atoms with van der Waals surface area (Å²) >= 11 is 0. The van der Waals surface area contributed by atoms with E-state index in [0.717, 1.165) is 5.56 Å². The van der Waals surface area contributed by atoms with Crippen molar-refractivity contribution in [1.29, 1.82) is 0 Å². The van der Waals surface area contributed by atoms with Crippen molar-refractivity contribution in [2.75, 3.05) is 6.54 Å². The van der Waals surface area contributed by atoms with Crippen molar-refractivity contribution in [2.45, 2.75) is 19.3 Å². The minimum Gasteiger partial charge on any atom is -0.370 e. The van der Waals surface area contributed by atoms with Crippen molar-refractivity contribution >= 4 is 29.9 Å². The van der Waals surface area contributed by atoms with Gasteiger partial charge in [-0.25, -0.2) is 4.39 Å². The summed E-state index contributed by atoms with van der Waals surface area (Å²) in [4.78, 5) is 3.97. The van der Waals surface area contributed by atoms with E-state index in [4.69, 9.17) is 11.5 Å². The Kier molecular flexibility index (Phi) is 5.71. The van der Waals surface area contributed by atoms with Gasteiger partial charge in [0.2, 0.25) is 0 Å². The molecule has 3 nitrogen and oxygen atoms in total. The smallest absolute Gasteiger partial charge is 0.185 e. The van der Waals surface area contributed by atoms with E-state index in [1.165, 1.54) is 12.1 Å². The number of guanidine groups is 1. The van der Waals surface area contributed by atoms with Crippen molar-refractivity contribution in [3.63, 3.8) is 0 Å². The van der Waals surface area contributed by atoms with Crippen molar-refractivity contribution < 1.29 is 4.39 Å². The molecule has 0 spiro atoms. The molecular weight excluding hydrogens is 320 g/mol. The zero-order chi connectivity index (χ0) is 11.5. The number of hydrogen-bond acceptors (Lipinski definition) is 1. The number of nitrogens with zero attached hydrogens (tertiary/aromatic N) is 1. The summed E-state index contributed by atoms with van der Waals surface area (Å²) in [7, 11) is 0. The summed E-state index contributed by atoms with van der Waals surface area (Å²) in [6.45, 7) is 4.50. The number of benzene rings is 1. The van der Waals surface area contributed by atoms with Gasteiger partial charge in [0, 0.05) is 5.41 Å². The second-order valence-corrected chi connectivity index (χ2v) is 4.13. The number of halogens is 2. The molecular formula is C11H17FIN3. The Labute approximate surface area is 112 Å². The first-order valence-corrected chi connectivity index (χ1v) is 4.73. The fourth-order valence-corrected chi connectivity index (χ4v) is 1.28. The van der Waals surface area contributed by atoms with Gasteiger partial charge < -0.3 is 11.5 Å². The molecule has 1 aromatic carbocycles. The third-order valence-electron chi connectivity index (χ3n) is 2.28. The van der Waals surface area contributed by atoms with Gasteiger partial charge in [-0.2, -0.15) is 0 Å². The van der Waals surface area contributed by atoms with Crippen LogP contribution < -0.4 is 11.5 Å². The van der Waals surface area contributed by atoms with Gasteiger partial charge >= 0.3 is 0 Å². The lowest BCUT2D eigenvalue weighted by Crippen LogP contribution is -2.28. The highest BCUT2D eigenvalue weighted by Gasteiger charge is 2.19. The van der Waals surface area contributed by atoms with Crippen molar-refractivity contribution in [3.05, 3.63) is 35.6 Å². The summed E-state index contributed by atoms with van der Waals surface area (Å²) in [6, 6.07) is 6.37. The van der Waals surface area contributed by atoms with Crippen LogP contribution in [0.3, 0.4) is 0 Å². The van der Waals surface area contributed by atoms with Crippen LogP contribution in [0.1, 0.15) is 19.4 Å². The van der Waals surface area contributed by atoms with Gasteiger partial charge in [0.05, 0.1) is 6.54 Å². The van der Waals surface area contributed by atoms with Crippen molar-refractivity contribution in [1.82, 2.24) is 0 Å². The van der Waals surface area contributed by atoms with Gasteiger partial charge in [-0.05, 0) is 17.7 Å². The Morgan fingerprint density at radius 3 is 2.19 bits per heavy atom. The molecule has 0 heterocycles. The zero-order valence-electron chi connectivity index (χ0n) is 9.40. The number of rotatable bonds is 3. The predicted octanol–water partition coefficient (Wildman–Crippen LogP) is 1.99. The van der Waals surface area contributed by atoms with E-state index in [0.29, 0.717) is 6.54 Å². The Morgan fingerprint density at radius 1 is 1.25 bits per heavy atom. The summed E-state index contributed by atoms with van der Waals surface area (Å²) in [5.41, 5.74) is 11.4. The van der Waals surface area contributed by atoms with Gasteiger partial charge in [0.25, 0.3) is 0 Å². The fourth-order valence-electron chi connectivity index (χ4n) is 1.28. The van der Waals surface area contributed by atoms with Crippen molar-refractivity contribution in [2.24, 2.45) is 16.5 Å². The first-order valence-electron chi connectivity index (χ1n) is 4.73. The second kappa shape index (κ2) is 6.03. The summed E-state index contributed by atoms with van der Waals surface area (Å²) in [6.07, 6.45) is 0. The molecule has 0 aromatic heterocycles. The zero-order valence-corrected chi connectivity index (χ0v) is 11.7. The summed E-state index contributed by atoms with van der Waals surface area (Å²) in [5, 5.41) is 0. The van der Waals surface area contributed by atoms with E-state index in [-0.39, 0.29) is 41.2 Å². The molecule has 0 unspecified atom stereocenters. The molecule has 90 valence electrons. The SMILES string of the molecule is CC(C)(CN=C(N)N)c1ccc(F)cc1.I. The highest BCUT2D eigenvalue weighted by molar-refractivity contribution is 14.0. The normalized spacial score (nSPS) is 10.4. The minimum absolute atomic E-state index is 0. The molecule has 0 bridgehead atoms. The van der Waals surface area contributed by atoms with Crippen LogP contribution >= 0.6 is 24.0 Å². The second-order valence-electron chi connectivity index (χ2n) is 4.13. The lowest BCUT2D eigenvalue weighted by Gasteiger charge is -2.22. The molecule has 4 N–H and O–H groups in total. The first kappa shape index (κ1) is 15.2. The molecule has 0 saturated carbocycles. The van der Waals surface area contributed by atoms with Crippen LogP contribution in [0.25, 0.3) is 0 Å². The Bertz CT molecular complexity index is 356. The molecule has 0 aliphatic rings. The van der Waals surface area contributed by atoms with Crippen LogP contribution in [0.4, 0.5) is 4.39 Å². The summed E-state index contributed by atoms with van der Waals surface area (Å²) < 4.78 is 12.7. The maximum Gasteiger partial charge on any atom is 0.185 e. The van der Waals surface area contributed by atoms with E-state index >= 15 is 0 Å². The molecule has 0 aliphatic carbocycles. The molecule has 0 amide bonds. The minimum atomic E-state index is -0.239. The van der Waals surface area contributed by atoms with E-state index in [1.807, 2.05) is 13.8 Å². The average molecular weight is 337 g/mol. The van der Waals surface area contributed by atoms with Crippen LogP contribution in [0.15, 0.2) is 29.3 Å². The van der Waals surface area contributed by atoms with Crippen molar-refractivity contribution in [3.8, 4) is 0 Å². The molecule has 0 atom stereocenters. The molecule has 0 fully saturated rings. The third kappa shape index (κ3) is 4.34. The van der Waals surface area contributed by atoms with E-state index in [9.17, 15) is 4.39 Å². The van der Waals surface area contributed by atoms with Gasteiger partial charge in [-0.15, -0.1) is 24.0 Å². The molecule has 1 rings (SSSR count). The maximum atomic E-state index is 12.7. The van der Waals surface area contributed by atoms with Crippen LogP contribution in [-0.4, -0.2) is 12.5 Å². The van der Waals surface area contributed by atoms with Crippen LogP contribution in [0.2, 0.25) is 0 Å². The maximum absolute atomic E-state index is 12.7. The first-order chi connectivity index (χ1) is 6.92. The highest BCUT2D eigenvalue weighted by Crippen LogP contribution is 2.23. The van der Waals surface area contributed by atoms with Gasteiger partial charge in [-0.3, -0.25) is 4.99 Å².